The Morgan fingerprint density at radius 2 is 0.951 bits per heavy atom. The van der Waals surface area contributed by atoms with Crippen molar-refractivity contribution in [1.82, 2.24) is 29.6 Å². The third kappa shape index (κ3) is 32.9. The number of rotatable bonds is 18. The van der Waals surface area contributed by atoms with Crippen molar-refractivity contribution in [1.29, 1.82) is 0 Å². The second kappa shape index (κ2) is 40.7. The van der Waals surface area contributed by atoms with Crippen LogP contribution >= 0.6 is 0 Å². The Labute approximate surface area is 494 Å². The van der Waals surface area contributed by atoms with Gasteiger partial charge in [-0.1, -0.05) is 174 Å². The molecule has 2 N–H and O–H groups in total. The number of piperazine rings is 1. The Morgan fingerprint density at radius 1 is 0.531 bits per heavy atom. The fourth-order valence-electron chi connectivity index (χ4n) is 7.43. The van der Waals surface area contributed by atoms with Crippen molar-refractivity contribution in [2.24, 2.45) is 71.0 Å². The zero-order valence-electron chi connectivity index (χ0n) is 55.3. The first kappa shape index (κ1) is 74.6. The van der Waals surface area contributed by atoms with Gasteiger partial charge in [0, 0.05) is 62.3 Å². The molecule has 0 spiro atoms. The van der Waals surface area contributed by atoms with Crippen molar-refractivity contribution in [3.8, 4) is 0 Å². The summed E-state index contributed by atoms with van der Waals surface area (Å²) in [5.74, 6) is 8.40. The number of hydrogen-bond donors (Lipinski definition) is 2. The lowest BCUT2D eigenvalue weighted by Gasteiger charge is -2.36. The predicted octanol–water partition coefficient (Wildman–Crippen LogP) is 16.5. The third-order valence-corrected chi connectivity index (χ3v) is 16.9. The standard InChI is InChI=1S/2C16H20N2O2.C13H28N2.C11H24N2.C6H13F.C6H14/c1-11(2)12(3)10-20-16(19)18-15-8-13-6-4-5-7-14(13)9-17-15;1-11(2)12(3)10-20-16(19)18-15-9-8-13-6-4-5-7-14(13)17-15;1-11(2)12(3)10-15-8-6-13(7-9-15)14(4)5;1-10(2)11(3)9-13-7-5-12(4)6-8-13;1-5(2)6(3)4-7;1-5(2)6(3)4/h2*4-9,11-12H,10H2,1-3H3,(H,17,18,19);11-13H,6-10H2,1-5H3;10-11H,5-9H2,1-4H3;5-6H,4H2,1-3H3;5-6H,1-4H3/t3*12-;11-;6-;/m11001./s1. The van der Waals surface area contributed by atoms with Crippen LogP contribution in [0.2, 0.25) is 0 Å². The van der Waals surface area contributed by atoms with Gasteiger partial charge >= 0.3 is 12.2 Å². The number of alkyl halides is 1. The van der Waals surface area contributed by atoms with Crippen LogP contribution in [0.3, 0.4) is 0 Å². The number of aromatic nitrogens is 2. The fourth-order valence-corrected chi connectivity index (χ4v) is 7.43. The Morgan fingerprint density at radius 3 is 1.37 bits per heavy atom. The summed E-state index contributed by atoms with van der Waals surface area (Å²) in [7, 11) is 6.62. The molecule has 2 aromatic heterocycles. The second-order valence-electron chi connectivity index (χ2n) is 26.1. The van der Waals surface area contributed by atoms with E-state index in [0.717, 1.165) is 63.2 Å². The number of ether oxygens (including phenoxy) is 2. The van der Waals surface area contributed by atoms with Gasteiger partial charge in [0.2, 0.25) is 0 Å². The molecule has 6 rings (SSSR count). The van der Waals surface area contributed by atoms with E-state index in [2.05, 4.69) is 172 Å². The van der Waals surface area contributed by atoms with Crippen molar-refractivity contribution in [2.75, 3.05) is 104 Å². The lowest BCUT2D eigenvalue weighted by atomic mass is 9.96. The van der Waals surface area contributed by atoms with E-state index in [4.69, 9.17) is 9.47 Å². The second-order valence-corrected chi connectivity index (χ2v) is 26.1. The molecule has 0 bridgehead atoms. The third-order valence-electron chi connectivity index (χ3n) is 16.9. The van der Waals surface area contributed by atoms with Crippen LogP contribution in [0.1, 0.15) is 144 Å². The molecule has 2 aliphatic heterocycles. The summed E-state index contributed by atoms with van der Waals surface area (Å²) in [6.07, 6.45) is 3.51. The number of hydrogen-bond acceptors (Lipinski definition) is 10. The zero-order chi connectivity index (χ0) is 61.4. The Balaban J connectivity index is 0.000000508. The molecule has 4 heterocycles. The summed E-state index contributed by atoms with van der Waals surface area (Å²) in [5.41, 5.74) is 0.848. The van der Waals surface area contributed by atoms with Crippen LogP contribution in [0, 0.1) is 71.0 Å². The number of halogens is 1. The molecule has 2 fully saturated rings. The van der Waals surface area contributed by atoms with Gasteiger partial charge in [0.05, 0.1) is 25.4 Å². The molecule has 2 amide bonds. The molecular formula is C68H119FN8O4. The maximum Gasteiger partial charge on any atom is 0.412 e. The van der Waals surface area contributed by atoms with Crippen LogP contribution in [0.5, 0.6) is 0 Å². The van der Waals surface area contributed by atoms with Gasteiger partial charge in [-0.15, -0.1) is 0 Å². The summed E-state index contributed by atoms with van der Waals surface area (Å²) in [5, 5.41) is 8.43. The first-order chi connectivity index (χ1) is 38.0. The minimum Gasteiger partial charge on any atom is -0.449 e. The van der Waals surface area contributed by atoms with E-state index in [1.54, 1.807) is 12.3 Å². The van der Waals surface area contributed by atoms with Gasteiger partial charge in [-0.05, 0) is 148 Å². The molecule has 13 heteroatoms. The van der Waals surface area contributed by atoms with Gasteiger partial charge in [-0.3, -0.25) is 15.0 Å². The molecule has 462 valence electrons. The van der Waals surface area contributed by atoms with Crippen molar-refractivity contribution >= 4 is 45.5 Å². The Bertz CT molecular complexity index is 2140. The summed E-state index contributed by atoms with van der Waals surface area (Å²) < 4.78 is 22.0. The molecular weight excluding hydrogens is 1010 g/mol. The van der Waals surface area contributed by atoms with Crippen molar-refractivity contribution in [3.63, 3.8) is 0 Å². The van der Waals surface area contributed by atoms with Gasteiger partial charge in [-0.25, -0.2) is 19.6 Å². The molecule has 0 aliphatic carbocycles. The highest BCUT2D eigenvalue weighted by atomic mass is 19.1. The van der Waals surface area contributed by atoms with Gasteiger partial charge in [-0.2, -0.15) is 0 Å². The number of likely N-dealkylation sites (tertiary alicyclic amines) is 1. The van der Waals surface area contributed by atoms with Crippen LogP contribution in [0.15, 0.2) is 72.9 Å². The van der Waals surface area contributed by atoms with Gasteiger partial charge < -0.3 is 29.1 Å². The first-order valence-corrected chi connectivity index (χ1v) is 31.0. The van der Waals surface area contributed by atoms with Crippen LogP contribution in [0.25, 0.3) is 21.7 Å². The topological polar surface area (TPSA) is 115 Å². The summed E-state index contributed by atoms with van der Waals surface area (Å²) in [4.78, 5) is 42.0. The molecule has 2 aliphatic rings. The molecule has 4 aromatic rings. The highest BCUT2D eigenvalue weighted by Gasteiger charge is 2.23. The first-order valence-electron chi connectivity index (χ1n) is 31.0. The number of anilines is 2. The number of nitrogens with zero attached hydrogens (tertiary/aromatic N) is 6. The van der Waals surface area contributed by atoms with E-state index in [1.165, 1.54) is 65.2 Å². The van der Waals surface area contributed by atoms with Crippen molar-refractivity contribution in [2.45, 2.75) is 150 Å². The van der Waals surface area contributed by atoms with Gasteiger partial charge in [0.15, 0.2) is 0 Å². The highest BCUT2D eigenvalue weighted by molar-refractivity contribution is 5.89. The number of para-hydroxylation sites is 1. The maximum atomic E-state index is 11.7. The van der Waals surface area contributed by atoms with E-state index in [0.29, 0.717) is 54.4 Å². The fraction of sp³-hybridized carbons (Fsp3) is 0.706. The molecule has 12 nitrogen and oxygen atoms in total. The molecule has 2 aromatic carbocycles. The van der Waals surface area contributed by atoms with E-state index in [1.807, 2.05) is 81.4 Å². The molecule has 0 saturated carbocycles. The molecule has 5 atom stereocenters. The van der Waals surface area contributed by atoms with E-state index < -0.39 is 12.2 Å². The number of nitrogens with one attached hydrogen (secondary N) is 2. The van der Waals surface area contributed by atoms with Gasteiger partial charge in [0.1, 0.15) is 11.6 Å². The normalized spacial score (nSPS) is 16.2. The van der Waals surface area contributed by atoms with E-state index in [9.17, 15) is 14.0 Å². The molecule has 2 saturated heterocycles. The minimum atomic E-state index is -0.458. The average Bonchev–Trinajstić information content (AvgIpc) is 3.44. The zero-order valence-corrected chi connectivity index (χ0v) is 55.3. The summed E-state index contributed by atoms with van der Waals surface area (Å²) in [6.45, 7) is 52.3. The number of fused-ring (bicyclic) bond motifs is 2. The molecule has 81 heavy (non-hydrogen) atoms. The van der Waals surface area contributed by atoms with Crippen LogP contribution in [0.4, 0.5) is 25.6 Å². The van der Waals surface area contributed by atoms with Crippen LogP contribution < -0.4 is 10.6 Å². The monoisotopic (exact) mass is 1130 g/mol. The lowest BCUT2D eigenvalue weighted by molar-refractivity contribution is 0.124. The smallest absolute Gasteiger partial charge is 0.412 e. The quantitative estimate of drug-likeness (QED) is 0.0998. The number of carbonyl (C=O) groups is 2. The van der Waals surface area contributed by atoms with Crippen LogP contribution in [-0.4, -0.2) is 141 Å². The van der Waals surface area contributed by atoms with Gasteiger partial charge in [0.25, 0.3) is 0 Å². The van der Waals surface area contributed by atoms with Crippen LogP contribution in [-0.2, 0) is 9.47 Å². The Hall–Kier alpha value is -4.43. The highest BCUT2D eigenvalue weighted by Crippen LogP contribution is 2.21. The van der Waals surface area contributed by atoms with Crippen molar-refractivity contribution in [3.05, 3.63) is 72.9 Å². The molecule has 0 unspecified atom stereocenters. The van der Waals surface area contributed by atoms with E-state index in [-0.39, 0.29) is 12.6 Å². The molecule has 0 radical (unpaired) electrons. The number of likely N-dealkylation sites (N-methyl/N-ethyl adjacent to an activating group) is 1. The SMILES string of the molecule is CC(C)C(C)C.CC(C)[C@@H](C)CN1CCC(N(C)C)CC1.CC(C)[C@@H](C)CN1CCN(C)CC1.CC(C)[C@H](C)CF.CC(C)[C@H](C)COC(=O)Nc1cc2ccccc2cn1.CC(C)[C@H](C)COC(=O)Nc1ccc2ccccc2n1. The minimum absolute atomic E-state index is 0.183. The summed E-state index contributed by atoms with van der Waals surface area (Å²) in [6, 6.07) is 22.0. The number of carbonyl (C=O) groups excluding carboxylic acids is 2. The number of pyridine rings is 2. The Kier molecular flexibility index (Phi) is 37.5. The summed E-state index contributed by atoms with van der Waals surface area (Å²) >= 11 is 0. The number of benzene rings is 2. The number of amides is 2. The average molecular weight is 1130 g/mol. The lowest BCUT2D eigenvalue weighted by Crippen LogP contribution is -2.46. The van der Waals surface area contributed by atoms with E-state index >= 15 is 0 Å². The largest absolute Gasteiger partial charge is 0.449 e. The van der Waals surface area contributed by atoms with Crippen molar-refractivity contribution < 1.29 is 23.5 Å². The predicted molar refractivity (Wildman–Crippen MR) is 346 cm³/mol. The maximum absolute atomic E-state index is 11.7. The number of piperidine rings is 1.